The predicted octanol–water partition coefficient (Wildman–Crippen LogP) is 8.61. The van der Waals surface area contributed by atoms with Gasteiger partial charge in [0.1, 0.15) is 0 Å². The number of phosphoric acid groups is 1. The minimum Gasteiger partial charge on any atom is -0.290 e. The van der Waals surface area contributed by atoms with Crippen LogP contribution < -0.4 is 0 Å². The van der Waals surface area contributed by atoms with Crippen molar-refractivity contribution >= 4 is 7.82 Å². The molecule has 1 heterocycles. The molecular weight excluding hydrogens is 383 g/mol. The molecule has 5 heteroatoms. The average Bonchev–Trinajstić information content (AvgIpc) is 2.72. The van der Waals surface area contributed by atoms with E-state index in [4.69, 9.17) is 13.6 Å². The molecule has 0 spiro atoms. The Morgan fingerprint density at radius 2 is 1.48 bits per heavy atom. The van der Waals surface area contributed by atoms with Crippen molar-refractivity contribution in [3.8, 4) is 0 Å². The molecule has 0 unspecified atom stereocenters. The zero-order chi connectivity index (χ0) is 21.4. The van der Waals surface area contributed by atoms with Gasteiger partial charge in [-0.15, -0.1) is 6.58 Å². The smallest absolute Gasteiger partial charge is 0.290 e. The summed E-state index contributed by atoms with van der Waals surface area (Å²) in [6.45, 7) is 8.48. The molecule has 29 heavy (non-hydrogen) atoms. The Kier molecular flexibility index (Phi) is 15.3. The first kappa shape index (κ1) is 26.9. The van der Waals surface area contributed by atoms with Gasteiger partial charge in [0, 0.05) is 19.4 Å². The van der Waals surface area contributed by atoms with E-state index in [1.807, 2.05) is 6.08 Å². The highest BCUT2D eigenvalue weighted by atomic mass is 31.2. The summed E-state index contributed by atoms with van der Waals surface area (Å²) >= 11 is 0. The molecule has 1 aliphatic rings. The van der Waals surface area contributed by atoms with E-state index in [9.17, 15) is 4.57 Å². The second-order valence-corrected chi connectivity index (χ2v) is 10.3. The molecule has 0 saturated carbocycles. The predicted molar refractivity (Wildman–Crippen MR) is 123 cm³/mol. The van der Waals surface area contributed by atoms with Crippen molar-refractivity contribution in [3.05, 3.63) is 12.7 Å². The van der Waals surface area contributed by atoms with Crippen LogP contribution in [0.5, 0.6) is 0 Å². The van der Waals surface area contributed by atoms with Crippen LogP contribution in [0, 0.1) is 5.92 Å². The van der Waals surface area contributed by atoms with Gasteiger partial charge in [-0.1, -0.05) is 103 Å². The molecule has 0 aromatic rings. The fourth-order valence-electron chi connectivity index (χ4n) is 4.17. The van der Waals surface area contributed by atoms with E-state index in [1.54, 1.807) is 0 Å². The average molecular weight is 431 g/mol. The summed E-state index contributed by atoms with van der Waals surface area (Å²) in [6.07, 6.45) is 21.2. The summed E-state index contributed by atoms with van der Waals surface area (Å²) in [6, 6.07) is 0. The fraction of sp³-hybridized carbons (Fsp3) is 0.917. The summed E-state index contributed by atoms with van der Waals surface area (Å²) in [7, 11) is -2.02. The second-order valence-electron chi connectivity index (χ2n) is 8.60. The van der Waals surface area contributed by atoms with Crippen LogP contribution in [0.3, 0.4) is 0 Å². The standard InChI is InChI=1S/C24H47O4P/c1-5-8-10-12-13-14-15-16-18-20-23-21-24(28-29(25,26-4)27-23)22(7-3)19-17-11-9-6-2/h7,22-24H,3,5-6,8-21H2,1-2,4H3/t22-,23+,24+,29+/m1/s1. The summed E-state index contributed by atoms with van der Waals surface area (Å²) in [5.41, 5.74) is 0. The van der Waals surface area contributed by atoms with Gasteiger partial charge in [-0.25, -0.2) is 4.57 Å². The van der Waals surface area contributed by atoms with Crippen LogP contribution in [0.1, 0.15) is 117 Å². The van der Waals surface area contributed by atoms with E-state index < -0.39 is 7.82 Å². The lowest BCUT2D eigenvalue weighted by molar-refractivity contribution is -0.0243. The molecule has 1 saturated heterocycles. The molecule has 0 N–H and O–H groups in total. The fourth-order valence-corrected chi connectivity index (χ4v) is 5.53. The van der Waals surface area contributed by atoms with Crippen molar-refractivity contribution in [2.75, 3.05) is 7.11 Å². The number of unbranched alkanes of at least 4 members (excludes halogenated alkanes) is 11. The lowest BCUT2D eigenvalue weighted by Gasteiger charge is -2.36. The van der Waals surface area contributed by atoms with Gasteiger partial charge in [0.05, 0.1) is 12.2 Å². The largest absolute Gasteiger partial charge is 0.475 e. The second kappa shape index (κ2) is 16.5. The molecule has 0 aliphatic carbocycles. The molecule has 4 atom stereocenters. The van der Waals surface area contributed by atoms with Crippen molar-refractivity contribution in [2.24, 2.45) is 5.92 Å². The third kappa shape index (κ3) is 11.7. The monoisotopic (exact) mass is 430 g/mol. The van der Waals surface area contributed by atoms with Crippen LogP contribution in [0.2, 0.25) is 0 Å². The molecule has 0 aromatic carbocycles. The topological polar surface area (TPSA) is 44.8 Å². The van der Waals surface area contributed by atoms with Crippen LogP contribution in [-0.2, 0) is 18.1 Å². The Bertz CT molecular complexity index is 454. The third-order valence-electron chi connectivity index (χ3n) is 6.06. The Hall–Kier alpha value is -0.150. The molecular formula is C24H47O4P. The van der Waals surface area contributed by atoms with Crippen LogP contribution in [0.15, 0.2) is 12.7 Å². The van der Waals surface area contributed by atoms with Gasteiger partial charge in [0.25, 0.3) is 0 Å². The Morgan fingerprint density at radius 1 is 0.931 bits per heavy atom. The van der Waals surface area contributed by atoms with E-state index in [1.165, 1.54) is 77.7 Å². The molecule has 1 fully saturated rings. The van der Waals surface area contributed by atoms with Gasteiger partial charge < -0.3 is 0 Å². The zero-order valence-electron chi connectivity index (χ0n) is 19.4. The maximum absolute atomic E-state index is 12.8. The van der Waals surface area contributed by atoms with E-state index in [-0.39, 0.29) is 18.1 Å². The minimum atomic E-state index is -3.44. The molecule has 1 rings (SSSR count). The summed E-state index contributed by atoms with van der Waals surface area (Å²) in [4.78, 5) is 0. The van der Waals surface area contributed by atoms with Crippen molar-refractivity contribution < 1.29 is 18.1 Å². The first-order valence-electron chi connectivity index (χ1n) is 12.2. The van der Waals surface area contributed by atoms with Crippen LogP contribution in [0.4, 0.5) is 0 Å². The maximum Gasteiger partial charge on any atom is 0.475 e. The minimum absolute atomic E-state index is 0.0396. The van der Waals surface area contributed by atoms with Crippen LogP contribution >= 0.6 is 7.82 Å². The van der Waals surface area contributed by atoms with Gasteiger partial charge in [-0.05, 0) is 12.8 Å². The van der Waals surface area contributed by atoms with Crippen molar-refractivity contribution in [3.63, 3.8) is 0 Å². The number of hydrogen-bond donors (Lipinski definition) is 0. The van der Waals surface area contributed by atoms with Crippen molar-refractivity contribution in [1.29, 1.82) is 0 Å². The molecule has 0 aromatic heterocycles. The summed E-state index contributed by atoms with van der Waals surface area (Å²) in [5, 5.41) is 0. The van der Waals surface area contributed by atoms with Gasteiger partial charge in [-0.3, -0.25) is 13.6 Å². The molecule has 0 amide bonds. The highest BCUT2D eigenvalue weighted by Crippen LogP contribution is 2.56. The van der Waals surface area contributed by atoms with Gasteiger partial charge in [0.2, 0.25) is 0 Å². The molecule has 4 nitrogen and oxygen atoms in total. The highest BCUT2D eigenvalue weighted by Gasteiger charge is 2.41. The summed E-state index contributed by atoms with van der Waals surface area (Å²) < 4.78 is 29.5. The van der Waals surface area contributed by atoms with E-state index >= 15 is 0 Å². The van der Waals surface area contributed by atoms with Gasteiger partial charge >= 0.3 is 7.82 Å². The Morgan fingerprint density at radius 3 is 2.03 bits per heavy atom. The quantitative estimate of drug-likeness (QED) is 0.124. The zero-order valence-corrected chi connectivity index (χ0v) is 20.3. The lowest BCUT2D eigenvalue weighted by Crippen LogP contribution is -2.33. The Balaban J connectivity index is 2.37. The van der Waals surface area contributed by atoms with E-state index in [2.05, 4.69) is 20.4 Å². The first-order valence-corrected chi connectivity index (χ1v) is 13.7. The van der Waals surface area contributed by atoms with Crippen LogP contribution in [0.25, 0.3) is 0 Å². The van der Waals surface area contributed by atoms with Gasteiger partial charge in [-0.2, -0.15) is 0 Å². The number of phosphoric ester groups is 1. The highest BCUT2D eigenvalue weighted by molar-refractivity contribution is 7.48. The first-order chi connectivity index (χ1) is 14.1. The van der Waals surface area contributed by atoms with Crippen molar-refractivity contribution in [1.82, 2.24) is 0 Å². The lowest BCUT2D eigenvalue weighted by atomic mass is 9.90. The molecule has 172 valence electrons. The Labute approximate surface area is 180 Å². The summed E-state index contributed by atoms with van der Waals surface area (Å²) in [5.74, 6) is 0.213. The maximum atomic E-state index is 12.8. The van der Waals surface area contributed by atoms with Crippen LogP contribution in [-0.4, -0.2) is 19.3 Å². The van der Waals surface area contributed by atoms with E-state index in [0.29, 0.717) is 0 Å². The normalized spacial score (nSPS) is 25.8. The molecule has 1 aliphatic heterocycles. The van der Waals surface area contributed by atoms with Gasteiger partial charge in [0.15, 0.2) is 0 Å². The van der Waals surface area contributed by atoms with Crippen molar-refractivity contribution in [2.45, 2.75) is 129 Å². The third-order valence-corrected chi connectivity index (χ3v) is 7.59. The molecule has 0 radical (unpaired) electrons. The number of rotatable bonds is 18. The number of hydrogen-bond acceptors (Lipinski definition) is 4. The van der Waals surface area contributed by atoms with E-state index in [0.717, 1.165) is 32.1 Å². The SMILES string of the molecule is C=C[C@H](CCCCCC)[C@@H]1C[C@H](CCCCCCCCCCC)O[P@](=O)(OC)O1. The molecule has 0 bridgehead atoms.